The van der Waals surface area contributed by atoms with Crippen LogP contribution >= 0.6 is 0 Å². The van der Waals surface area contributed by atoms with E-state index in [1.165, 1.54) is 5.56 Å². The van der Waals surface area contributed by atoms with Gasteiger partial charge in [-0.1, -0.05) is 25.5 Å². The number of carbonyl (C=O) groups excluding carboxylic acids is 1. The molecule has 0 aliphatic carbocycles. The molecule has 5 heteroatoms. The zero-order chi connectivity index (χ0) is 15.2. The van der Waals surface area contributed by atoms with Crippen molar-refractivity contribution in [2.24, 2.45) is 5.92 Å². The topological polar surface area (TPSA) is 69.6 Å². The first kappa shape index (κ1) is 15.4. The first-order valence-electron chi connectivity index (χ1n) is 7.48. The smallest absolute Gasteiger partial charge is 0.321 e. The van der Waals surface area contributed by atoms with Gasteiger partial charge in [0.2, 0.25) is 0 Å². The van der Waals surface area contributed by atoms with Crippen LogP contribution in [0.15, 0.2) is 24.3 Å². The molecule has 0 aromatic heterocycles. The van der Waals surface area contributed by atoms with Crippen molar-refractivity contribution in [2.75, 3.05) is 18.4 Å². The second-order valence-electron chi connectivity index (χ2n) is 5.50. The molecule has 0 saturated carbocycles. The zero-order valence-corrected chi connectivity index (χ0v) is 12.3. The minimum absolute atomic E-state index is 0.222. The van der Waals surface area contributed by atoms with Crippen LogP contribution in [0.25, 0.3) is 0 Å². The summed E-state index contributed by atoms with van der Waals surface area (Å²) in [5.74, 6) is -1.27. The van der Waals surface area contributed by atoms with Gasteiger partial charge in [-0.3, -0.25) is 4.79 Å². The van der Waals surface area contributed by atoms with Gasteiger partial charge in [0.1, 0.15) is 0 Å². The van der Waals surface area contributed by atoms with E-state index in [1.807, 2.05) is 24.3 Å². The summed E-state index contributed by atoms with van der Waals surface area (Å²) in [6.45, 7) is 2.95. The molecule has 1 aliphatic rings. The van der Waals surface area contributed by atoms with Gasteiger partial charge < -0.3 is 15.3 Å². The van der Waals surface area contributed by atoms with E-state index in [0.29, 0.717) is 13.0 Å². The standard InChI is InChI=1S/C16H22N2O3/c1-2-3-4-12-5-7-14(8-6-12)17-16(21)18-10-9-13(11-18)15(19)20/h5-8,13H,2-4,9-11H2,1H3,(H,17,21)(H,19,20). The lowest BCUT2D eigenvalue weighted by atomic mass is 10.1. The Morgan fingerprint density at radius 3 is 2.62 bits per heavy atom. The van der Waals surface area contributed by atoms with Gasteiger partial charge in [0.15, 0.2) is 0 Å². The number of rotatable bonds is 5. The number of carbonyl (C=O) groups is 2. The van der Waals surface area contributed by atoms with Crippen molar-refractivity contribution < 1.29 is 14.7 Å². The predicted octanol–water partition coefficient (Wildman–Crippen LogP) is 2.97. The molecular formula is C16H22N2O3. The molecule has 21 heavy (non-hydrogen) atoms. The molecule has 114 valence electrons. The highest BCUT2D eigenvalue weighted by molar-refractivity contribution is 5.90. The molecule has 0 radical (unpaired) electrons. The maximum atomic E-state index is 12.1. The Hall–Kier alpha value is -2.04. The van der Waals surface area contributed by atoms with E-state index in [2.05, 4.69) is 12.2 Å². The maximum absolute atomic E-state index is 12.1. The fraction of sp³-hybridized carbons (Fsp3) is 0.500. The molecule has 2 amide bonds. The lowest BCUT2D eigenvalue weighted by Crippen LogP contribution is -2.33. The van der Waals surface area contributed by atoms with E-state index >= 15 is 0 Å². The lowest BCUT2D eigenvalue weighted by Gasteiger charge is -2.16. The third-order valence-electron chi connectivity index (χ3n) is 3.85. The first-order valence-corrected chi connectivity index (χ1v) is 7.48. The number of aryl methyl sites for hydroxylation is 1. The van der Waals surface area contributed by atoms with Crippen LogP contribution in [-0.2, 0) is 11.2 Å². The Labute approximate surface area is 125 Å². The third kappa shape index (κ3) is 4.21. The monoisotopic (exact) mass is 290 g/mol. The minimum Gasteiger partial charge on any atom is -0.481 e. The van der Waals surface area contributed by atoms with Crippen LogP contribution < -0.4 is 5.32 Å². The van der Waals surface area contributed by atoms with Gasteiger partial charge in [-0.25, -0.2) is 4.79 Å². The Bertz CT molecular complexity index is 499. The van der Waals surface area contributed by atoms with Crippen molar-refractivity contribution in [1.82, 2.24) is 4.90 Å². The molecule has 1 saturated heterocycles. The molecule has 1 aromatic carbocycles. The number of benzene rings is 1. The molecule has 2 rings (SSSR count). The molecule has 1 aromatic rings. The average molecular weight is 290 g/mol. The number of nitrogens with zero attached hydrogens (tertiary/aromatic N) is 1. The number of unbranched alkanes of at least 4 members (excludes halogenated alkanes) is 1. The van der Waals surface area contributed by atoms with Gasteiger partial charge in [-0.2, -0.15) is 0 Å². The summed E-state index contributed by atoms with van der Waals surface area (Å²) in [6, 6.07) is 7.62. The number of hydrogen-bond acceptors (Lipinski definition) is 2. The van der Waals surface area contributed by atoms with Crippen molar-refractivity contribution in [2.45, 2.75) is 32.6 Å². The molecule has 2 N–H and O–H groups in total. The fourth-order valence-corrected chi connectivity index (χ4v) is 2.48. The van der Waals surface area contributed by atoms with Gasteiger partial charge >= 0.3 is 12.0 Å². The number of nitrogens with one attached hydrogen (secondary N) is 1. The summed E-state index contributed by atoms with van der Waals surface area (Å²) >= 11 is 0. The molecule has 0 spiro atoms. The summed E-state index contributed by atoms with van der Waals surface area (Å²) < 4.78 is 0. The maximum Gasteiger partial charge on any atom is 0.321 e. The van der Waals surface area contributed by atoms with Crippen LogP contribution in [-0.4, -0.2) is 35.1 Å². The molecule has 0 bridgehead atoms. The fourth-order valence-electron chi connectivity index (χ4n) is 2.48. The molecule has 1 heterocycles. The van der Waals surface area contributed by atoms with E-state index in [0.717, 1.165) is 24.9 Å². The number of amides is 2. The molecule has 1 aliphatic heterocycles. The van der Waals surface area contributed by atoms with Gasteiger partial charge in [0, 0.05) is 18.8 Å². The van der Waals surface area contributed by atoms with Crippen LogP contribution in [0.4, 0.5) is 10.5 Å². The Morgan fingerprint density at radius 2 is 2.05 bits per heavy atom. The normalized spacial score (nSPS) is 17.8. The third-order valence-corrected chi connectivity index (χ3v) is 3.85. The zero-order valence-electron chi connectivity index (χ0n) is 12.3. The van der Waals surface area contributed by atoms with Crippen LogP contribution in [0.3, 0.4) is 0 Å². The highest BCUT2D eigenvalue weighted by atomic mass is 16.4. The molecular weight excluding hydrogens is 268 g/mol. The van der Waals surface area contributed by atoms with E-state index in [-0.39, 0.29) is 12.6 Å². The van der Waals surface area contributed by atoms with Crippen LogP contribution in [0.2, 0.25) is 0 Å². The number of carboxylic acids is 1. The van der Waals surface area contributed by atoms with E-state index < -0.39 is 11.9 Å². The van der Waals surface area contributed by atoms with E-state index in [9.17, 15) is 9.59 Å². The van der Waals surface area contributed by atoms with Crippen molar-refractivity contribution in [3.63, 3.8) is 0 Å². The summed E-state index contributed by atoms with van der Waals surface area (Å²) in [6.07, 6.45) is 3.91. The Kier molecular flexibility index (Phi) is 5.20. The number of aliphatic carboxylic acids is 1. The second-order valence-corrected chi connectivity index (χ2v) is 5.50. The lowest BCUT2D eigenvalue weighted by molar-refractivity contribution is -0.141. The minimum atomic E-state index is -0.828. The number of hydrogen-bond donors (Lipinski definition) is 2. The van der Waals surface area contributed by atoms with Crippen LogP contribution in [0.1, 0.15) is 31.7 Å². The quantitative estimate of drug-likeness (QED) is 0.876. The summed E-state index contributed by atoms with van der Waals surface area (Å²) in [5.41, 5.74) is 2.01. The van der Waals surface area contributed by atoms with Gasteiger partial charge in [-0.15, -0.1) is 0 Å². The molecule has 5 nitrogen and oxygen atoms in total. The van der Waals surface area contributed by atoms with Crippen LogP contribution in [0.5, 0.6) is 0 Å². The van der Waals surface area contributed by atoms with Crippen molar-refractivity contribution in [3.05, 3.63) is 29.8 Å². The summed E-state index contributed by atoms with van der Waals surface area (Å²) in [4.78, 5) is 24.5. The number of carboxylic acid groups (broad SMARTS) is 1. The van der Waals surface area contributed by atoms with Crippen molar-refractivity contribution in [3.8, 4) is 0 Å². The SMILES string of the molecule is CCCCc1ccc(NC(=O)N2CCC(C(=O)O)C2)cc1. The van der Waals surface area contributed by atoms with Crippen molar-refractivity contribution in [1.29, 1.82) is 0 Å². The second kappa shape index (κ2) is 7.11. The molecule has 1 unspecified atom stereocenters. The van der Waals surface area contributed by atoms with Gasteiger partial charge in [-0.05, 0) is 37.0 Å². The molecule has 1 fully saturated rings. The number of likely N-dealkylation sites (tertiary alicyclic amines) is 1. The average Bonchev–Trinajstić information content (AvgIpc) is 2.97. The van der Waals surface area contributed by atoms with Crippen molar-refractivity contribution >= 4 is 17.7 Å². The number of urea groups is 1. The van der Waals surface area contributed by atoms with E-state index in [1.54, 1.807) is 4.90 Å². The van der Waals surface area contributed by atoms with Crippen LogP contribution in [0, 0.1) is 5.92 Å². The Morgan fingerprint density at radius 1 is 1.33 bits per heavy atom. The summed E-state index contributed by atoms with van der Waals surface area (Å²) in [5, 5.41) is 11.8. The summed E-state index contributed by atoms with van der Waals surface area (Å²) in [7, 11) is 0. The predicted molar refractivity (Wildman–Crippen MR) is 81.4 cm³/mol. The molecule has 1 atom stereocenters. The van der Waals surface area contributed by atoms with E-state index in [4.69, 9.17) is 5.11 Å². The van der Waals surface area contributed by atoms with Gasteiger partial charge in [0.05, 0.1) is 5.92 Å². The first-order chi connectivity index (χ1) is 10.1. The number of anilines is 1. The Balaban J connectivity index is 1.87. The van der Waals surface area contributed by atoms with Gasteiger partial charge in [0.25, 0.3) is 0 Å². The highest BCUT2D eigenvalue weighted by Gasteiger charge is 2.30. The largest absolute Gasteiger partial charge is 0.481 e. The highest BCUT2D eigenvalue weighted by Crippen LogP contribution is 2.18.